The van der Waals surface area contributed by atoms with Crippen molar-refractivity contribution in [2.45, 2.75) is 43.5 Å². The second kappa shape index (κ2) is 7.79. The second-order valence-electron chi connectivity index (χ2n) is 5.96. The number of piperidine rings is 1. The highest BCUT2D eigenvalue weighted by molar-refractivity contribution is 7.90. The van der Waals surface area contributed by atoms with Crippen LogP contribution in [0.2, 0.25) is 0 Å². The molecule has 0 saturated carbocycles. The van der Waals surface area contributed by atoms with Crippen molar-refractivity contribution in [1.29, 1.82) is 0 Å². The molecule has 1 atom stereocenters. The predicted octanol–water partition coefficient (Wildman–Crippen LogP) is 2.04. The van der Waals surface area contributed by atoms with Crippen LogP contribution in [0, 0.1) is 0 Å². The van der Waals surface area contributed by atoms with Crippen LogP contribution in [0.15, 0.2) is 29.2 Å². The summed E-state index contributed by atoms with van der Waals surface area (Å²) in [6.45, 7) is 2.63. The zero-order valence-electron chi connectivity index (χ0n) is 14.0. The van der Waals surface area contributed by atoms with Crippen LogP contribution in [0.25, 0.3) is 0 Å². The Hall–Kier alpha value is -1.89. The zero-order valence-corrected chi connectivity index (χ0v) is 14.8. The Labute approximate surface area is 142 Å². The summed E-state index contributed by atoms with van der Waals surface area (Å²) in [5.74, 6) is -0.554. The first-order valence-corrected chi connectivity index (χ1v) is 9.98. The second-order valence-corrected chi connectivity index (χ2v) is 7.97. The van der Waals surface area contributed by atoms with Crippen LogP contribution < -0.4 is 0 Å². The first-order valence-electron chi connectivity index (χ1n) is 8.09. The van der Waals surface area contributed by atoms with Gasteiger partial charge in [-0.15, -0.1) is 0 Å². The van der Waals surface area contributed by atoms with Gasteiger partial charge < -0.3 is 9.64 Å². The Balaban J connectivity index is 2.21. The summed E-state index contributed by atoms with van der Waals surface area (Å²) < 4.78 is 28.3. The van der Waals surface area contributed by atoms with Gasteiger partial charge in [0.1, 0.15) is 0 Å². The molecule has 2 rings (SSSR count). The molecule has 0 N–H and O–H groups in total. The lowest BCUT2D eigenvalue weighted by molar-refractivity contribution is -0.144. The lowest BCUT2D eigenvalue weighted by atomic mass is 9.98. The molecule has 24 heavy (non-hydrogen) atoms. The first-order chi connectivity index (χ1) is 11.3. The maximum atomic E-state index is 12.8. The SMILES string of the molecule is CCOC(=O)C[C@H]1CCCCN1C(=O)c1cccc(S(C)(=O)=O)c1. The lowest BCUT2D eigenvalue weighted by Gasteiger charge is -2.35. The van der Waals surface area contributed by atoms with Crippen molar-refractivity contribution in [2.75, 3.05) is 19.4 Å². The van der Waals surface area contributed by atoms with E-state index in [1.807, 2.05) is 0 Å². The van der Waals surface area contributed by atoms with E-state index in [9.17, 15) is 18.0 Å². The van der Waals surface area contributed by atoms with Crippen molar-refractivity contribution in [1.82, 2.24) is 4.90 Å². The zero-order chi connectivity index (χ0) is 17.7. The quantitative estimate of drug-likeness (QED) is 0.757. The number of esters is 1. The molecule has 0 bridgehead atoms. The van der Waals surface area contributed by atoms with Crippen molar-refractivity contribution in [3.63, 3.8) is 0 Å². The number of sulfone groups is 1. The Morgan fingerprint density at radius 3 is 2.71 bits per heavy atom. The fraction of sp³-hybridized carbons (Fsp3) is 0.529. The molecule has 0 unspecified atom stereocenters. The standard InChI is InChI=1S/C17H23NO5S/c1-3-23-16(19)12-14-8-4-5-10-18(14)17(20)13-7-6-9-15(11-13)24(2,21)22/h6-7,9,11,14H,3-5,8,10,12H2,1-2H3/t14-/m1/s1. The minimum atomic E-state index is -3.37. The molecule has 132 valence electrons. The topological polar surface area (TPSA) is 80.8 Å². The van der Waals surface area contributed by atoms with Gasteiger partial charge in [0.15, 0.2) is 9.84 Å². The van der Waals surface area contributed by atoms with Crippen molar-refractivity contribution >= 4 is 21.7 Å². The fourth-order valence-electron chi connectivity index (χ4n) is 2.92. The van der Waals surface area contributed by atoms with Crippen LogP contribution in [0.5, 0.6) is 0 Å². The highest BCUT2D eigenvalue weighted by Gasteiger charge is 2.30. The minimum absolute atomic E-state index is 0.118. The van der Waals surface area contributed by atoms with E-state index in [4.69, 9.17) is 4.74 Å². The maximum absolute atomic E-state index is 12.8. The normalized spacial score (nSPS) is 18.2. The number of hydrogen-bond donors (Lipinski definition) is 0. The third-order valence-electron chi connectivity index (χ3n) is 4.10. The molecule has 1 aromatic rings. The van der Waals surface area contributed by atoms with E-state index in [2.05, 4.69) is 0 Å². The molecule has 1 aromatic carbocycles. The molecule has 1 fully saturated rings. The summed E-state index contributed by atoms with van der Waals surface area (Å²) in [5.41, 5.74) is 0.327. The minimum Gasteiger partial charge on any atom is -0.466 e. The van der Waals surface area contributed by atoms with Crippen LogP contribution in [-0.4, -0.2) is 50.6 Å². The van der Waals surface area contributed by atoms with Gasteiger partial charge in [0.25, 0.3) is 5.91 Å². The van der Waals surface area contributed by atoms with Crippen LogP contribution in [0.4, 0.5) is 0 Å². The van der Waals surface area contributed by atoms with Crippen molar-refractivity contribution in [2.24, 2.45) is 0 Å². The van der Waals surface area contributed by atoms with E-state index in [1.165, 1.54) is 12.1 Å². The van der Waals surface area contributed by atoms with Crippen LogP contribution in [0.3, 0.4) is 0 Å². The fourth-order valence-corrected chi connectivity index (χ4v) is 3.58. The molecule has 0 radical (unpaired) electrons. The monoisotopic (exact) mass is 353 g/mol. The number of benzene rings is 1. The number of likely N-dealkylation sites (tertiary alicyclic amines) is 1. The molecular weight excluding hydrogens is 330 g/mol. The van der Waals surface area contributed by atoms with E-state index < -0.39 is 9.84 Å². The largest absolute Gasteiger partial charge is 0.466 e. The van der Waals surface area contributed by atoms with Crippen molar-refractivity contribution < 1.29 is 22.7 Å². The Morgan fingerprint density at radius 1 is 1.29 bits per heavy atom. The number of rotatable bonds is 5. The van der Waals surface area contributed by atoms with E-state index >= 15 is 0 Å². The summed E-state index contributed by atoms with van der Waals surface area (Å²) in [5, 5.41) is 0. The summed E-state index contributed by atoms with van der Waals surface area (Å²) in [7, 11) is -3.37. The summed E-state index contributed by atoms with van der Waals surface area (Å²) in [6.07, 6.45) is 3.86. The lowest BCUT2D eigenvalue weighted by Crippen LogP contribution is -2.45. The molecule has 6 nitrogen and oxygen atoms in total. The highest BCUT2D eigenvalue weighted by atomic mass is 32.2. The van der Waals surface area contributed by atoms with Gasteiger partial charge in [-0.2, -0.15) is 0 Å². The summed E-state index contributed by atoms with van der Waals surface area (Å²) in [6, 6.07) is 5.83. The summed E-state index contributed by atoms with van der Waals surface area (Å²) in [4.78, 5) is 26.4. The first kappa shape index (κ1) is 18.4. The molecule has 1 aliphatic heterocycles. The van der Waals surface area contributed by atoms with Crippen LogP contribution >= 0.6 is 0 Å². The molecule has 7 heteroatoms. The molecule has 0 aliphatic carbocycles. The van der Waals surface area contributed by atoms with Gasteiger partial charge in [-0.1, -0.05) is 6.07 Å². The van der Waals surface area contributed by atoms with Gasteiger partial charge in [0.05, 0.1) is 17.9 Å². The van der Waals surface area contributed by atoms with Gasteiger partial charge in [-0.3, -0.25) is 9.59 Å². The van der Waals surface area contributed by atoms with Gasteiger partial charge in [0, 0.05) is 24.4 Å². The van der Waals surface area contributed by atoms with E-state index in [1.54, 1.807) is 24.0 Å². The van der Waals surface area contributed by atoms with E-state index in [0.717, 1.165) is 25.5 Å². The molecule has 1 aliphatic rings. The molecule has 0 aromatic heterocycles. The Kier molecular flexibility index (Phi) is 5.99. The molecular formula is C17H23NO5S. The van der Waals surface area contributed by atoms with Crippen LogP contribution in [0.1, 0.15) is 43.0 Å². The number of ether oxygens (including phenoxy) is 1. The van der Waals surface area contributed by atoms with Crippen LogP contribution in [-0.2, 0) is 19.4 Å². The summed E-state index contributed by atoms with van der Waals surface area (Å²) >= 11 is 0. The number of hydrogen-bond acceptors (Lipinski definition) is 5. The number of carbonyl (C=O) groups excluding carboxylic acids is 2. The number of amides is 1. The van der Waals surface area contributed by atoms with Gasteiger partial charge in [0.2, 0.25) is 0 Å². The highest BCUT2D eigenvalue weighted by Crippen LogP contribution is 2.23. The predicted molar refractivity (Wildman–Crippen MR) is 89.5 cm³/mol. The number of nitrogens with zero attached hydrogens (tertiary/aromatic N) is 1. The van der Waals surface area contributed by atoms with E-state index in [-0.39, 0.29) is 29.2 Å². The van der Waals surface area contributed by atoms with E-state index in [0.29, 0.717) is 18.7 Å². The molecule has 0 spiro atoms. The Morgan fingerprint density at radius 2 is 2.04 bits per heavy atom. The molecule has 1 amide bonds. The third-order valence-corrected chi connectivity index (χ3v) is 5.21. The molecule has 1 heterocycles. The van der Waals surface area contributed by atoms with Gasteiger partial charge in [-0.25, -0.2) is 8.42 Å². The van der Waals surface area contributed by atoms with Gasteiger partial charge >= 0.3 is 5.97 Å². The van der Waals surface area contributed by atoms with Crippen molar-refractivity contribution in [3.8, 4) is 0 Å². The smallest absolute Gasteiger partial charge is 0.307 e. The Bertz CT molecular complexity index is 713. The average molecular weight is 353 g/mol. The number of carbonyl (C=O) groups is 2. The maximum Gasteiger partial charge on any atom is 0.307 e. The average Bonchev–Trinajstić information content (AvgIpc) is 2.54. The molecule has 1 saturated heterocycles. The van der Waals surface area contributed by atoms with Crippen molar-refractivity contribution in [3.05, 3.63) is 29.8 Å². The van der Waals surface area contributed by atoms with Gasteiger partial charge in [-0.05, 0) is 44.4 Å². The third kappa shape index (κ3) is 4.56.